The number of aryl methyl sites for hydroxylation is 1. The molecule has 0 amide bonds. The number of benzene rings is 2. The van der Waals surface area contributed by atoms with Gasteiger partial charge in [0.2, 0.25) is 0 Å². The summed E-state index contributed by atoms with van der Waals surface area (Å²) >= 11 is 6.22. The number of hydrogen-bond acceptors (Lipinski definition) is 4. The smallest absolute Gasteiger partial charge is 0.336 e. The summed E-state index contributed by atoms with van der Waals surface area (Å²) in [6, 6.07) is 13.9. The third-order valence-corrected chi connectivity index (χ3v) is 3.88. The Bertz CT molecular complexity index is 887. The van der Waals surface area contributed by atoms with E-state index in [-0.39, 0.29) is 6.61 Å². The lowest BCUT2D eigenvalue weighted by atomic mass is 10.1. The number of fused-ring (bicyclic) bond motifs is 1. The van der Waals surface area contributed by atoms with Crippen LogP contribution in [0.4, 0.5) is 0 Å². The van der Waals surface area contributed by atoms with Gasteiger partial charge in [-0.25, -0.2) is 4.79 Å². The van der Waals surface area contributed by atoms with Crippen molar-refractivity contribution in [2.45, 2.75) is 13.0 Å². The summed E-state index contributed by atoms with van der Waals surface area (Å²) in [6.45, 7) is 1.86. The molecule has 0 saturated carbocycles. The number of aliphatic hydroxyl groups is 1. The third kappa shape index (κ3) is 3.38. The Kier molecular flexibility index (Phi) is 4.37. The van der Waals surface area contributed by atoms with Gasteiger partial charge >= 0.3 is 5.63 Å². The highest BCUT2D eigenvalue weighted by atomic mass is 35.5. The van der Waals surface area contributed by atoms with Gasteiger partial charge in [0.1, 0.15) is 24.0 Å². The molecule has 5 heteroatoms. The Morgan fingerprint density at radius 1 is 1.22 bits per heavy atom. The van der Waals surface area contributed by atoms with Crippen LogP contribution in [-0.4, -0.2) is 11.7 Å². The average molecular weight is 331 g/mol. The van der Waals surface area contributed by atoms with E-state index < -0.39 is 11.7 Å². The summed E-state index contributed by atoms with van der Waals surface area (Å²) in [5.74, 6) is 0.364. The van der Waals surface area contributed by atoms with E-state index in [1.54, 1.807) is 12.1 Å². The van der Waals surface area contributed by atoms with Crippen LogP contribution in [0.1, 0.15) is 17.2 Å². The van der Waals surface area contributed by atoms with Crippen molar-refractivity contribution in [1.82, 2.24) is 0 Å². The molecule has 1 N–H and O–H groups in total. The fourth-order valence-electron chi connectivity index (χ4n) is 2.37. The van der Waals surface area contributed by atoms with Crippen LogP contribution in [0.25, 0.3) is 11.0 Å². The summed E-state index contributed by atoms with van der Waals surface area (Å²) < 4.78 is 10.8. The van der Waals surface area contributed by atoms with E-state index in [1.807, 2.05) is 37.3 Å². The zero-order valence-corrected chi connectivity index (χ0v) is 13.2. The highest BCUT2D eigenvalue weighted by Crippen LogP contribution is 2.31. The molecule has 118 valence electrons. The predicted molar refractivity (Wildman–Crippen MR) is 89.1 cm³/mol. The first-order valence-electron chi connectivity index (χ1n) is 7.14. The first-order valence-corrected chi connectivity index (χ1v) is 7.52. The molecule has 0 aliphatic rings. The number of rotatable bonds is 4. The van der Waals surface area contributed by atoms with E-state index in [2.05, 4.69) is 0 Å². The lowest BCUT2D eigenvalue weighted by Gasteiger charge is -2.14. The lowest BCUT2D eigenvalue weighted by molar-refractivity contribution is 0.108. The molecule has 0 fully saturated rings. The monoisotopic (exact) mass is 330 g/mol. The maximum Gasteiger partial charge on any atom is 0.336 e. The minimum absolute atomic E-state index is 0.0469. The van der Waals surface area contributed by atoms with Crippen LogP contribution in [0.15, 0.2) is 57.7 Å². The van der Waals surface area contributed by atoms with Crippen molar-refractivity contribution in [2.75, 3.05) is 6.61 Å². The Morgan fingerprint density at radius 2 is 1.96 bits per heavy atom. The summed E-state index contributed by atoms with van der Waals surface area (Å²) in [5, 5.41) is 11.3. The van der Waals surface area contributed by atoms with E-state index >= 15 is 0 Å². The van der Waals surface area contributed by atoms with Gasteiger partial charge in [-0.15, -0.1) is 0 Å². The van der Waals surface area contributed by atoms with Gasteiger partial charge in [-0.05, 0) is 24.1 Å². The molecule has 1 unspecified atom stereocenters. The molecular weight excluding hydrogens is 316 g/mol. The van der Waals surface area contributed by atoms with Crippen molar-refractivity contribution in [3.8, 4) is 5.75 Å². The number of ether oxygens (including phenoxy) is 1. The molecule has 3 rings (SSSR count). The number of halogens is 1. The van der Waals surface area contributed by atoms with Crippen molar-refractivity contribution < 1.29 is 14.3 Å². The van der Waals surface area contributed by atoms with Crippen LogP contribution in [-0.2, 0) is 0 Å². The first-order chi connectivity index (χ1) is 11.0. The fourth-order valence-corrected chi connectivity index (χ4v) is 2.59. The molecule has 23 heavy (non-hydrogen) atoms. The zero-order chi connectivity index (χ0) is 16.4. The Balaban J connectivity index is 1.86. The third-order valence-electron chi connectivity index (χ3n) is 3.58. The van der Waals surface area contributed by atoms with Crippen molar-refractivity contribution in [3.63, 3.8) is 0 Å². The van der Waals surface area contributed by atoms with Gasteiger partial charge in [0.25, 0.3) is 0 Å². The van der Waals surface area contributed by atoms with Crippen molar-refractivity contribution in [1.29, 1.82) is 0 Å². The standard InChI is InChI=1S/C18H15ClO4/c1-11-7-18(21)23-16-9-17(14(19)8-13(11)16)22-10-15(20)12-5-3-2-4-6-12/h2-9,15,20H,10H2,1H3. The van der Waals surface area contributed by atoms with Crippen LogP contribution in [0.3, 0.4) is 0 Å². The SMILES string of the molecule is Cc1cc(=O)oc2cc(OCC(O)c3ccccc3)c(Cl)cc12. The normalized spacial score (nSPS) is 12.3. The van der Waals surface area contributed by atoms with Crippen molar-refractivity contribution in [3.05, 3.63) is 75.1 Å². The molecule has 0 aliphatic carbocycles. The summed E-state index contributed by atoms with van der Waals surface area (Å²) in [6.07, 6.45) is -0.771. The maximum absolute atomic E-state index is 11.5. The largest absolute Gasteiger partial charge is 0.489 e. The van der Waals surface area contributed by atoms with Crippen LogP contribution >= 0.6 is 11.6 Å². The lowest BCUT2D eigenvalue weighted by Crippen LogP contribution is -2.10. The molecule has 1 aromatic heterocycles. The second-order valence-electron chi connectivity index (χ2n) is 5.26. The van der Waals surface area contributed by atoms with E-state index in [9.17, 15) is 9.90 Å². The molecule has 4 nitrogen and oxygen atoms in total. The van der Waals surface area contributed by atoms with Crippen LogP contribution in [0.5, 0.6) is 5.75 Å². The van der Waals surface area contributed by atoms with Gasteiger partial charge in [0, 0.05) is 17.5 Å². The maximum atomic E-state index is 11.5. The van der Waals surface area contributed by atoms with E-state index in [4.69, 9.17) is 20.8 Å². The topological polar surface area (TPSA) is 59.7 Å². The molecule has 2 aromatic carbocycles. The highest BCUT2D eigenvalue weighted by Gasteiger charge is 2.12. The number of hydrogen-bond donors (Lipinski definition) is 1. The second kappa shape index (κ2) is 6.44. The number of aliphatic hydroxyl groups excluding tert-OH is 1. The zero-order valence-electron chi connectivity index (χ0n) is 12.5. The molecule has 0 bridgehead atoms. The van der Waals surface area contributed by atoms with Crippen molar-refractivity contribution >= 4 is 22.6 Å². The molecule has 0 radical (unpaired) electrons. The van der Waals surface area contributed by atoms with E-state index in [1.165, 1.54) is 6.07 Å². The Morgan fingerprint density at radius 3 is 2.70 bits per heavy atom. The molecule has 0 saturated heterocycles. The molecule has 1 atom stereocenters. The quantitative estimate of drug-likeness (QED) is 0.738. The molecular formula is C18H15ClO4. The minimum Gasteiger partial charge on any atom is -0.489 e. The van der Waals surface area contributed by atoms with E-state index in [0.29, 0.717) is 16.4 Å². The van der Waals surface area contributed by atoms with Crippen molar-refractivity contribution in [2.24, 2.45) is 0 Å². The summed E-state index contributed by atoms with van der Waals surface area (Å²) in [7, 11) is 0. The van der Waals surface area contributed by atoms with Gasteiger partial charge in [0.15, 0.2) is 0 Å². The molecule has 0 spiro atoms. The first kappa shape index (κ1) is 15.6. The highest BCUT2D eigenvalue weighted by molar-refractivity contribution is 6.32. The average Bonchev–Trinajstić information content (AvgIpc) is 2.54. The van der Waals surface area contributed by atoms with Gasteiger partial charge in [-0.3, -0.25) is 0 Å². The predicted octanol–water partition coefficient (Wildman–Crippen LogP) is 3.87. The summed E-state index contributed by atoms with van der Waals surface area (Å²) in [5.41, 5.74) is 1.53. The Hall–Kier alpha value is -2.30. The Labute approximate surface area is 137 Å². The molecule has 3 aromatic rings. The second-order valence-corrected chi connectivity index (χ2v) is 5.67. The molecule has 1 heterocycles. The summed E-state index contributed by atoms with van der Waals surface area (Å²) in [4.78, 5) is 11.5. The van der Waals surface area contributed by atoms with Crippen LogP contribution in [0.2, 0.25) is 5.02 Å². The van der Waals surface area contributed by atoms with Gasteiger partial charge in [0.05, 0.1) is 5.02 Å². The van der Waals surface area contributed by atoms with Gasteiger partial charge in [-0.1, -0.05) is 41.9 Å². The fraction of sp³-hybridized carbons (Fsp3) is 0.167. The molecule has 0 aliphatic heterocycles. The van der Waals surface area contributed by atoms with Gasteiger partial charge < -0.3 is 14.3 Å². The minimum atomic E-state index is -0.771. The van der Waals surface area contributed by atoms with Gasteiger partial charge in [-0.2, -0.15) is 0 Å². The van der Waals surface area contributed by atoms with Crippen LogP contribution < -0.4 is 10.4 Å². The van der Waals surface area contributed by atoms with Crippen LogP contribution in [0, 0.1) is 6.92 Å². The van der Waals surface area contributed by atoms with E-state index in [0.717, 1.165) is 16.5 Å².